The lowest BCUT2D eigenvalue weighted by atomic mass is 9.90. The zero-order chi connectivity index (χ0) is 15.3. The third-order valence-electron chi connectivity index (χ3n) is 4.78. The van der Waals surface area contributed by atoms with E-state index in [0.717, 1.165) is 25.2 Å². The van der Waals surface area contributed by atoms with Gasteiger partial charge in [-0.3, -0.25) is 0 Å². The summed E-state index contributed by atoms with van der Waals surface area (Å²) in [6.07, 6.45) is 3.11. The fraction of sp³-hybridized carbons (Fsp3) is 0.647. The van der Waals surface area contributed by atoms with Crippen molar-refractivity contribution in [1.29, 1.82) is 0 Å². The Kier molecular flexibility index (Phi) is 5.76. The number of nitrogens with two attached hydrogens (primary N) is 1. The highest BCUT2D eigenvalue weighted by atomic mass is 16.3. The molecule has 0 saturated carbocycles. The second kappa shape index (κ2) is 7.36. The van der Waals surface area contributed by atoms with Crippen LogP contribution < -0.4 is 5.73 Å². The van der Waals surface area contributed by atoms with Gasteiger partial charge < -0.3 is 20.6 Å². The van der Waals surface area contributed by atoms with Gasteiger partial charge in [-0.2, -0.15) is 0 Å². The molecule has 4 nitrogen and oxygen atoms in total. The predicted molar refractivity (Wildman–Crippen MR) is 87.2 cm³/mol. The van der Waals surface area contributed by atoms with Crippen molar-refractivity contribution < 1.29 is 5.11 Å². The van der Waals surface area contributed by atoms with Crippen molar-refractivity contribution in [2.24, 2.45) is 5.73 Å². The number of hydrogen-bond donors (Lipinski definition) is 2. The van der Waals surface area contributed by atoms with Crippen LogP contribution >= 0.6 is 0 Å². The fourth-order valence-electron chi connectivity index (χ4n) is 3.12. The van der Waals surface area contributed by atoms with Crippen molar-refractivity contribution in [3.63, 3.8) is 0 Å². The van der Waals surface area contributed by atoms with Crippen molar-refractivity contribution in [2.75, 3.05) is 40.3 Å². The maximum Gasteiger partial charge on any atom is 0.103 e. The van der Waals surface area contributed by atoms with E-state index in [4.69, 9.17) is 5.73 Å². The maximum atomic E-state index is 10.8. The van der Waals surface area contributed by atoms with Crippen molar-refractivity contribution >= 4 is 0 Å². The van der Waals surface area contributed by atoms with E-state index in [1.807, 2.05) is 30.3 Å². The van der Waals surface area contributed by atoms with Gasteiger partial charge in [0, 0.05) is 19.1 Å². The minimum absolute atomic E-state index is 0.269. The summed E-state index contributed by atoms with van der Waals surface area (Å²) in [6.45, 7) is 3.39. The number of piperidine rings is 1. The molecule has 1 aromatic rings. The summed E-state index contributed by atoms with van der Waals surface area (Å²) in [5.74, 6) is 0. The van der Waals surface area contributed by atoms with Gasteiger partial charge in [-0.15, -0.1) is 0 Å². The van der Waals surface area contributed by atoms with E-state index in [1.54, 1.807) is 0 Å². The van der Waals surface area contributed by atoms with Gasteiger partial charge in [-0.25, -0.2) is 0 Å². The van der Waals surface area contributed by atoms with E-state index in [2.05, 4.69) is 23.9 Å². The van der Waals surface area contributed by atoms with Crippen LogP contribution in [0.4, 0.5) is 0 Å². The first-order valence-corrected chi connectivity index (χ1v) is 7.92. The van der Waals surface area contributed by atoms with Crippen LogP contribution in [-0.2, 0) is 5.60 Å². The summed E-state index contributed by atoms with van der Waals surface area (Å²) in [4.78, 5) is 4.76. The molecular formula is C17H29N3O. The minimum atomic E-state index is -0.903. The molecule has 0 radical (unpaired) electrons. The zero-order valence-corrected chi connectivity index (χ0v) is 13.3. The first-order chi connectivity index (χ1) is 10.0. The highest BCUT2D eigenvalue weighted by molar-refractivity contribution is 5.22. The average molecular weight is 291 g/mol. The molecular weight excluding hydrogens is 262 g/mol. The van der Waals surface area contributed by atoms with Crippen molar-refractivity contribution in [3.8, 4) is 0 Å². The molecule has 0 aliphatic carbocycles. The van der Waals surface area contributed by atoms with Crippen LogP contribution in [0.25, 0.3) is 0 Å². The largest absolute Gasteiger partial charge is 0.384 e. The third kappa shape index (κ3) is 4.27. The topological polar surface area (TPSA) is 52.7 Å². The lowest BCUT2D eigenvalue weighted by Crippen LogP contribution is -2.44. The van der Waals surface area contributed by atoms with E-state index in [-0.39, 0.29) is 6.54 Å². The second-order valence-corrected chi connectivity index (χ2v) is 6.39. The van der Waals surface area contributed by atoms with Crippen LogP contribution in [0.3, 0.4) is 0 Å². The van der Waals surface area contributed by atoms with E-state index in [0.29, 0.717) is 12.5 Å². The average Bonchev–Trinajstić information content (AvgIpc) is 2.54. The Morgan fingerprint density at radius 2 is 1.86 bits per heavy atom. The SMILES string of the molecule is CN(C)C1CCN(CCC(O)(CN)c2ccccc2)CC1. The maximum absolute atomic E-state index is 10.8. The first kappa shape index (κ1) is 16.4. The number of benzene rings is 1. The molecule has 2 rings (SSSR count). The molecule has 118 valence electrons. The number of nitrogens with zero attached hydrogens (tertiary/aromatic N) is 2. The van der Waals surface area contributed by atoms with Crippen LogP contribution in [0.5, 0.6) is 0 Å². The highest BCUT2D eigenvalue weighted by Crippen LogP contribution is 2.25. The van der Waals surface area contributed by atoms with Gasteiger partial charge in [0.1, 0.15) is 5.60 Å². The molecule has 0 spiro atoms. The summed E-state index contributed by atoms with van der Waals surface area (Å²) in [7, 11) is 4.31. The smallest absolute Gasteiger partial charge is 0.103 e. The number of likely N-dealkylation sites (tertiary alicyclic amines) is 1. The molecule has 1 aliphatic rings. The van der Waals surface area contributed by atoms with Gasteiger partial charge >= 0.3 is 0 Å². The third-order valence-corrected chi connectivity index (χ3v) is 4.78. The van der Waals surface area contributed by atoms with Crippen LogP contribution in [0.1, 0.15) is 24.8 Å². The Morgan fingerprint density at radius 1 is 1.24 bits per heavy atom. The van der Waals surface area contributed by atoms with E-state index in [9.17, 15) is 5.11 Å². The summed E-state index contributed by atoms with van der Waals surface area (Å²) >= 11 is 0. The van der Waals surface area contributed by atoms with Gasteiger partial charge in [0.05, 0.1) is 0 Å². The Labute approximate surface area is 128 Å². The minimum Gasteiger partial charge on any atom is -0.384 e. The molecule has 1 atom stereocenters. The molecule has 3 N–H and O–H groups in total. The predicted octanol–water partition coefficient (Wildman–Crippen LogP) is 1.25. The summed E-state index contributed by atoms with van der Waals surface area (Å²) in [5.41, 5.74) is 5.86. The van der Waals surface area contributed by atoms with Crippen molar-refractivity contribution in [3.05, 3.63) is 35.9 Å². The zero-order valence-electron chi connectivity index (χ0n) is 13.3. The van der Waals surface area contributed by atoms with Crippen LogP contribution in [-0.4, -0.2) is 61.2 Å². The number of rotatable bonds is 6. The summed E-state index contributed by atoms with van der Waals surface area (Å²) in [6, 6.07) is 10.5. The Hall–Kier alpha value is -0.940. The van der Waals surface area contributed by atoms with Gasteiger partial charge in [0.25, 0.3) is 0 Å². The Balaban J connectivity index is 1.87. The van der Waals surface area contributed by atoms with Crippen LogP contribution in [0, 0.1) is 0 Å². The van der Waals surface area contributed by atoms with E-state index in [1.165, 1.54) is 12.8 Å². The van der Waals surface area contributed by atoms with Crippen molar-refractivity contribution in [2.45, 2.75) is 30.9 Å². The van der Waals surface area contributed by atoms with Crippen LogP contribution in [0.2, 0.25) is 0 Å². The van der Waals surface area contributed by atoms with Crippen LogP contribution in [0.15, 0.2) is 30.3 Å². The monoisotopic (exact) mass is 291 g/mol. The lowest BCUT2D eigenvalue weighted by molar-refractivity contribution is 0.0208. The van der Waals surface area contributed by atoms with E-state index < -0.39 is 5.60 Å². The molecule has 1 aliphatic heterocycles. The molecule has 1 saturated heterocycles. The normalized spacial score (nSPS) is 20.6. The quantitative estimate of drug-likeness (QED) is 0.828. The lowest BCUT2D eigenvalue weighted by Gasteiger charge is -2.37. The van der Waals surface area contributed by atoms with Gasteiger partial charge in [-0.1, -0.05) is 30.3 Å². The second-order valence-electron chi connectivity index (χ2n) is 6.39. The molecule has 1 aromatic carbocycles. The van der Waals surface area contributed by atoms with E-state index >= 15 is 0 Å². The molecule has 4 heteroatoms. The molecule has 0 amide bonds. The van der Waals surface area contributed by atoms with Gasteiger partial charge in [0.2, 0.25) is 0 Å². The molecule has 1 unspecified atom stereocenters. The first-order valence-electron chi connectivity index (χ1n) is 7.92. The molecule has 0 bridgehead atoms. The number of aliphatic hydroxyl groups is 1. The highest BCUT2D eigenvalue weighted by Gasteiger charge is 2.29. The van der Waals surface area contributed by atoms with Crippen molar-refractivity contribution in [1.82, 2.24) is 9.80 Å². The standard InChI is InChI=1S/C17H29N3O/c1-19(2)16-8-11-20(12-9-16)13-10-17(21,14-18)15-6-4-3-5-7-15/h3-7,16,21H,8-14,18H2,1-2H3. The molecule has 1 fully saturated rings. The number of hydrogen-bond acceptors (Lipinski definition) is 4. The Bertz CT molecular complexity index is 415. The summed E-state index contributed by atoms with van der Waals surface area (Å²) in [5, 5.41) is 10.8. The fourth-order valence-corrected chi connectivity index (χ4v) is 3.12. The Morgan fingerprint density at radius 3 is 2.38 bits per heavy atom. The molecule has 21 heavy (non-hydrogen) atoms. The molecule has 1 heterocycles. The van der Waals surface area contributed by atoms with Gasteiger partial charge in [0.15, 0.2) is 0 Å². The summed E-state index contributed by atoms with van der Waals surface area (Å²) < 4.78 is 0. The molecule has 0 aromatic heterocycles. The van der Waals surface area contributed by atoms with Gasteiger partial charge in [-0.05, 0) is 52.0 Å².